The Labute approximate surface area is 237 Å². The molecular formula is C28H30F6N4O4. The van der Waals surface area contributed by atoms with Crippen molar-refractivity contribution in [2.75, 3.05) is 30.0 Å². The number of carbonyl (C=O) groups excluding carboxylic acids is 1. The number of aromatic nitrogens is 2. The van der Waals surface area contributed by atoms with Crippen LogP contribution in [-0.2, 0) is 22.6 Å². The first-order valence-corrected chi connectivity index (χ1v) is 12.9. The predicted molar refractivity (Wildman–Crippen MR) is 141 cm³/mol. The Hall–Kier alpha value is -3.65. The zero-order valence-corrected chi connectivity index (χ0v) is 23.4. The summed E-state index contributed by atoms with van der Waals surface area (Å²) < 4.78 is 86.7. The van der Waals surface area contributed by atoms with E-state index in [1.807, 2.05) is 0 Å². The number of likely N-dealkylation sites (N-methyl/N-ethyl adjacent to an activating group) is 1. The van der Waals surface area contributed by atoms with Crippen LogP contribution in [0.2, 0.25) is 0 Å². The molecule has 2 unspecified atom stereocenters. The van der Waals surface area contributed by atoms with Crippen molar-refractivity contribution in [3.05, 3.63) is 58.6 Å². The lowest BCUT2D eigenvalue weighted by Crippen LogP contribution is -2.42. The van der Waals surface area contributed by atoms with E-state index in [-0.39, 0.29) is 24.9 Å². The molecule has 1 saturated heterocycles. The molecule has 1 amide bonds. The molecule has 1 aliphatic rings. The number of alkyl halides is 6. The van der Waals surface area contributed by atoms with Crippen molar-refractivity contribution in [2.45, 2.75) is 64.0 Å². The molecule has 8 nitrogen and oxygen atoms in total. The number of hydrogen-bond acceptors (Lipinski definition) is 7. The lowest BCUT2D eigenvalue weighted by Gasteiger charge is -2.32. The molecule has 0 aliphatic carbocycles. The van der Waals surface area contributed by atoms with Gasteiger partial charge in [0, 0.05) is 24.7 Å². The van der Waals surface area contributed by atoms with Gasteiger partial charge in [0.15, 0.2) is 0 Å². The molecule has 3 heterocycles. The van der Waals surface area contributed by atoms with Crippen LogP contribution in [0.3, 0.4) is 0 Å². The van der Waals surface area contributed by atoms with Crippen LogP contribution in [-0.4, -0.2) is 58.6 Å². The molecule has 0 spiro atoms. The average Bonchev–Trinajstić information content (AvgIpc) is 3.46. The number of aryl methyl sites for hydroxylation is 2. The minimum absolute atomic E-state index is 0.0148. The normalized spacial score (nSPS) is 18.1. The fourth-order valence-corrected chi connectivity index (χ4v) is 5.24. The number of pyridine rings is 1. The van der Waals surface area contributed by atoms with Crippen molar-refractivity contribution in [3.63, 3.8) is 0 Å². The highest BCUT2D eigenvalue weighted by atomic mass is 19.4. The van der Waals surface area contributed by atoms with E-state index >= 15 is 0 Å². The second-order valence-corrected chi connectivity index (χ2v) is 10.9. The van der Waals surface area contributed by atoms with E-state index in [0.29, 0.717) is 47.0 Å². The predicted octanol–water partition coefficient (Wildman–Crippen LogP) is 5.26. The third kappa shape index (κ3) is 5.82. The van der Waals surface area contributed by atoms with Gasteiger partial charge in [0.25, 0.3) is 0 Å². The number of halogens is 6. The number of anilines is 2. The molecule has 2 atom stereocenters. The van der Waals surface area contributed by atoms with Crippen molar-refractivity contribution in [1.82, 2.24) is 10.1 Å². The lowest BCUT2D eigenvalue weighted by molar-refractivity contribution is -0.143. The topological polar surface area (TPSA) is 103 Å². The van der Waals surface area contributed by atoms with Crippen LogP contribution < -0.4 is 9.80 Å². The maximum Gasteiger partial charge on any atom is 0.416 e. The summed E-state index contributed by atoms with van der Waals surface area (Å²) in [6.45, 7) is 5.75. The number of β-amino-alcohol motifs (C(OH)–C–C–N with tert-alkyl or cyclic N) is 1. The molecule has 1 fully saturated rings. The molecule has 228 valence electrons. The summed E-state index contributed by atoms with van der Waals surface area (Å²) in [7, 11) is 1.34. The first-order valence-electron chi connectivity index (χ1n) is 12.9. The highest BCUT2D eigenvalue weighted by molar-refractivity contribution is 6.03. The fourth-order valence-electron chi connectivity index (χ4n) is 5.24. The molecule has 14 heteroatoms. The molecule has 1 aliphatic heterocycles. The zero-order valence-electron chi connectivity index (χ0n) is 23.4. The highest BCUT2D eigenvalue weighted by Gasteiger charge is 2.41. The van der Waals surface area contributed by atoms with Crippen molar-refractivity contribution in [2.24, 2.45) is 0 Å². The first-order chi connectivity index (χ1) is 19.4. The fraction of sp³-hybridized carbons (Fsp3) is 0.464. The number of hydrogen-bond donors (Lipinski definition) is 2. The quantitative estimate of drug-likeness (QED) is 0.372. The van der Waals surface area contributed by atoms with Gasteiger partial charge in [0.2, 0.25) is 5.91 Å². The van der Waals surface area contributed by atoms with Crippen LogP contribution in [0.4, 0.5) is 37.8 Å². The van der Waals surface area contributed by atoms with Crippen LogP contribution in [0.5, 0.6) is 0 Å². The van der Waals surface area contributed by atoms with Crippen LogP contribution in [0.15, 0.2) is 35.0 Å². The van der Waals surface area contributed by atoms with E-state index in [9.17, 15) is 41.4 Å². The van der Waals surface area contributed by atoms with E-state index in [1.165, 1.54) is 27.1 Å². The third-order valence-electron chi connectivity index (χ3n) is 7.58. The Morgan fingerprint density at radius 1 is 1.05 bits per heavy atom. The standard InChI is InChI=1S/C28H30F6N4O4/c1-14-24(15(2)42-36-14)21-10-23(38-12-20(40)9-19(38)13-39)35-11-22(21)37(5)25(41)26(3,4)16-6-17(27(29,30)31)8-18(7-16)28(32,33)34/h6-8,10-11,19-20,39-40H,9,12-13H2,1-5H3. The van der Waals surface area contributed by atoms with E-state index in [0.717, 1.165) is 4.90 Å². The third-order valence-corrected chi connectivity index (χ3v) is 7.58. The lowest BCUT2D eigenvalue weighted by atomic mass is 9.81. The molecule has 2 N–H and O–H groups in total. The van der Waals surface area contributed by atoms with Gasteiger partial charge in [0.1, 0.15) is 11.6 Å². The molecule has 42 heavy (non-hydrogen) atoms. The number of rotatable bonds is 6. The Bertz CT molecular complexity index is 1430. The number of aliphatic hydroxyl groups is 2. The van der Waals surface area contributed by atoms with Gasteiger partial charge in [-0.2, -0.15) is 26.3 Å². The van der Waals surface area contributed by atoms with Gasteiger partial charge in [-0.15, -0.1) is 0 Å². The van der Waals surface area contributed by atoms with Gasteiger partial charge < -0.3 is 24.5 Å². The molecular weight excluding hydrogens is 570 g/mol. The number of nitrogens with zero attached hydrogens (tertiary/aromatic N) is 4. The monoisotopic (exact) mass is 600 g/mol. The highest BCUT2D eigenvalue weighted by Crippen LogP contribution is 2.42. The number of amides is 1. The molecule has 0 bridgehead atoms. The summed E-state index contributed by atoms with van der Waals surface area (Å²) in [4.78, 5) is 21.1. The number of aliphatic hydroxyl groups excluding tert-OH is 2. The van der Waals surface area contributed by atoms with Crippen molar-refractivity contribution in [3.8, 4) is 11.1 Å². The summed E-state index contributed by atoms with van der Waals surface area (Å²) in [5, 5.41) is 23.9. The molecule has 0 radical (unpaired) electrons. The molecule has 1 aromatic carbocycles. The molecule has 3 aromatic rings. The molecule has 0 saturated carbocycles. The largest absolute Gasteiger partial charge is 0.416 e. The van der Waals surface area contributed by atoms with Gasteiger partial charge >= 0.3 is 12.4 Å². The van der Waals surface area contributed by atoms with Gasteiger partial charge in [-0.25, -0.2) is 4.98 Å². The van der Waals surface area contributed by atoms with E-state index in [2.05, 4.69) is 10.1 Å². The van der Waals surface area contributed by atoms with Crippen molar-refractivity contribution in [1.29, 1.82) is 0 Å². The molecule has 2 aromatic heterocycles. The van der Waals surface area contributed by atoms with Crippen molar-refractivity contribution < 1.29 is 45.9 Å². The second kappa shape index (κ2) is 10.9. The Morgan fingerprint density at radius 2 is 1.62 bits per heavy atom. The minimum atomic E-state index is -5.08. The second-order valence-electron chi connectivity index (χ2n) is 10.9. The van der Waals surface area contributed by atoms with Gasteiger partial charge in [-0.1, -0.05) is 5.16 Å². The van der Waals surface area contributed by atoms with Gasteiger partial charge in [-0.3, -0.25) is 4.79 Å². The van der Waals surface area contributed by atoms with Crippen LogP contribution in [0, 0.1) is 13.8 Å². The Kier molecular flexibility index (Phi) is 8.11. The number of carbonyl (C=O) groups is 1. The summed E-state index contributed by atoms with van der Waals surface area (Å²) in [6.07, 6.45) is -9.20. The smallest absolute Gasteiger partial charge is 0.394 e. The van der Waals surface area contributed by atoms with Crippen LogP contribution in [0.25, 0.3) is 11.1 Å². The van der Waals surface area contributed by atoms with E-state index < -0.39 is 52.5 Å². The summed E-state index contributed by atoms with van der Waals surface area (Å²) in [5.41, 5.74) is -3.80. The van der Waals surface area contributed by atoms with Crippen LogP contribution >= 0.6 is 0 Å². The van der Waals surface area contributed by atoms with Gasteiger partial charge in [0.05, 0.1) is 52.9 Å². The molecule has 4 rings (SSSR count). The maximum atomic E-state index is 13.9. The van der Waals surface area contributed by atoms with E-state index in [4.69, 9.17) is 4.52 Å². The number of benzene rings is 1. The zero-order chi connectivity index (χ0) is 31.4. The minimum Gasteiger partial charge on any atom is -0.394 e. The Balaban J connectivity index is 1.83. The van der Waals surface area contributed by atoms with Crippen LogP contribution in [0.1, 0.15) is 48.4 Å². The summed E-state index contributed by atoms with van der Waals surface area (Å²) >= 11 is 0. The van der Waals surface area contributed by atoms with Crippen molar-refractivity contribution >= 4 is 17.4 Å². The van der Waals surface area contributed by atoms with Gasteiger partial charge in [-0.05, 0) is 63.9 Å². The summed E-state index contributed by atoms with van der Waals surface area (Å²) in [6, 6.07) is 2.31. The SMILES string of the molecule is Cc1noc(C)c1-c1cc(N2CC(O)CC2CO)ncc1N(C)C(=O)C(C)(C)c1cc(C(F)(F)F)cc(C(F)(F)F)c1. The Morgan fingerprint density at radius 3 is 2.12 bits per heavy atom. The summed E-state index contributed by atoms with van der Waals surface area (Å²) in [5.74, 6) is -0.0432. The van der Waals surface area contributed by atoms with E-state index in [1.54, 1.807) is 24.8 Å². The maximum absolute atomic E-state index is 13.9. The average molecular weight is 601 g/mol. The first kappa shape index (κ1) is 31.3.